The van der Waals surface area contributed by atoms with Gasteiger partial charge in [-0.2, -0.15) is 0 Å². The summed E-state index contributed by atoms with van der Waals surface area (Å²) in [5.41, 5.74) is 7.95. The van der Waals surface area contributed by atoms with Crippen LogP contribution >= 0.6 is 0 Å². The van der Waals surface area contributed by atoms with Crippen LogP contribution in [0.1, 0.15) is 19.4 Å². The van der Waals surface area contributed by atoms with Gasteiger partial charge in [-0.05, 0) is 24.6 Å². The van der Waals surface area contributed by atoms with Crippen LogP contribution in [0.2, 0.25) is 0 Å². The van der Waals surface area contributed by atoms with E-state index < -0.39 is 0 Å². The number of nitrogens with zero attached hydrogens (tertiary/aromatic N) is 1. The molecule has 1 heterocycles. The van der Waals surface area contributed by atoms with Crippen molar-refractivity contribution in [2.24, 2.45) is 5.73 Å². The average Bonchev–Trinajstić information content (AvgIpc) is 2.41. The fraction of sp³-hybridized carbons (Fsp3) is 0.533. The Kier molecular flexibility index (Phi) is 5.11. The van der Waals surface area contributed by atoms with Gasteiger partial charge in [0.05, 0.1) is 12.7 Å². The molecule has 5 heteroatoms. The van der Waals surface area contributed by atoms with Crippen LogP contribution in [0.15, 0.2) is 24.3 Å². The number of amides is 1. The summed E-state index contributed by atoms with van der Waals surface area (Å²) in [7, 11) is 0. The SMILES string of the molecule is CC(=O)Nc1ccc(CN2CCOC(C(C)N)C2)cc1. The molecule has 2 rings (SSSR count). The fourth-order valence-corrected chi connectivity index (χ4v) is 2.35. The molecule has 1 fully saturated rings. The lowest BCUT2D eigenvalue weighted by atomic mass is 10.1. The lowest BCUT2D eigenvalue weighted by Gasteiger charge is -2.34. The minimum Gasteiger partial charge on any atom is -0.374 e. The van der Waals surface area contributed by atoms with Crippen LogP contribution in [0.25, 0.3) is 0 Å². The normalized spacial score (nSPS) is 21.4. The Morgan fingerprint density at radius 1 is 1.50 bits per heavy atom. The molecule has 0 spiro atoms. The van der Waals surface area contributed by atoms with E-state index in [4.69, 9.17) is 10.5 Å². The first-order valence-corrected chi connectivity index (χ1v) is 7.00. The minimum absolute atomic E-state index is 0.0503. The van der Waals surface area contributed by atoms with Gasteiger partial charge < -0.3 is 15.8 Å². The highest BCUT2D eigenvalue weighted by molar-refractivity contribution is 5.88. The number of carbonyl (C=O) groups is 1. The first kappa shape index (κ1) is 15.0. The van der Waals surface area contributed by atoms with E-state index in [0.29, 0.717) is 0 Å². The Morgan fingerprint density at radius 2 is 2.20 bits per heavy atom. The van der Waals surface area contributed by atoms with Gasteiger partial charge in [0.15, 0.2) is 0 Å². The average molecular weight is 277 g/mol. The predicted octanol–water partition coefficient (Wildman–Crippen LogP) is 1.19. The van der Waals surface area contributed by atoms with E-state index in [9.17, 15) is 4.79 Å². The Hall–Kier alpha value is -1.43. The molecule has 1 aliphatic rings. The summed E-state index contributed by atoms with van der Waals surface area (Å²) in [6, 6.07) is 8.00. The third-order valence-corrected chi connectivity index (χ3v) is 3.44. The van der Waals surface area contributed by atoms with Crippen molar-refractivity contribution in [2.45, 2.75) is 32.5 Å². The lowest BCUT2D eigenvalue weighted by Crippen LogP contribution is -2.49. The zero-order chi connectivity index (χ0) is 14.5. The summed E-state index contributed by atoms with van der Waals surface area (Å²) < 4.78 is 5.66. The summed E-state index contributed by atoms with van der Waals surface area (Å²) in [5.74, 6) is -0.0503. The molecule has 20 heavy (non-hydrogen) atoms. The van der Waals surface area contributed by atoms with Gasteiger partial charge in [-0.3, -0.25) is 9.69 Å². The molecule has 2 atom stereocenters. The number of ether oxygens (including phenoxy) is 1. The number of anilines is 1. The Morgan fingerprint density at radius 3 is 2.80 bits per heavy atom. The molecular formula is C15H23N3O2. The van der Waals surface area contributed by atoms with E-state index in [1.54, 1.807) is 0 Å². The minimum atomic E-state index is -0.0503. The zero-order valence-corrected chi connectivity index (χ0v) is 12.1. The van der Waals surface area contributed by atoms with E-state index in [1.807, 2.05) is 31.2 Å². The number of morpholine rings is 1. The van der Waals surface area contributed by atoms with Gasteiger partial charge >= 0.3 is 0 Å². The second-order valence-corrected chi connectivity index (χ2v) is 5.38. The van der Waals surface area contributed by atoms with Crippen molar-refractivity contribution >= 4 is 11.6 Å². The summed E-state index contributed by atoms with van der Waals surface area (Å²) >= 11 is 0. The number of benzene rings is 1. The molecule has 2 unspecified atom stereocenters. The molecule has 1 aromatic rings. The van der Waals surface area contributed by atoms with Gasteiger partial charge in [-0.1, -0.05) is 12.1 Å². The van der Waals surface area contributed by atoms with E-state index in [-0.39, 0.29) is 18.1 Å². The number of nitrogens with one attached hydrogen (secondary N) is 1. The quantitative estimate of drug-likeness (QED) is 0.867. The van der Waals surface area contributed by atoms with Crippen molar-refractivity contribution in [3.8, 4) is 0 Å². The Balaban J connectivity index is 1.91. The van der Waals surface area contributed by atoms with Crippen molar-refractivity contribution in [1.82, 2.24) is 4.90 Å². The zero-order valence-electron chi connectivity index (χ0n) is 12.1. The lowest BCUT2D eigenvalue weighted by molar-refractivity contribution is -0.114. The largest absolute Gasteiger partial charge is 0.374 e. The number of rotatable bonds is 4. The molecular weight excluding hydrogens is 254 g/mol. The Labute approximate surface area is 120 Å². The number of hydrogen-bond donors (Lipinski definition) is 2. The second-order valence-electron chi connectivity index (χ2n) is 5.38. The van der Waals surface area contributed by atoms with E-state index in [1.165, 1.54) is 12.5 Å². The summed E-state index contributed by atoms with van der Waals surface area (Å²) in [5, 5.41) is 2.77. The van der Waals surface area contributed by atoms with Gasteiger partial charge in [0.1, 0.15) is 0 Å². The Bertz CT molecular complexity index is 445. The molecule has 1 amide bonds. The maximum atomic E-state index is 11.0. The summed E-state index contributed by atoms with van der Waals surface area (Å²) in [4.78, 5) is 13.3. The summed E-state index contributed by atoms with van der Waals surface area (Å²) in [6.07, 6.45) is 0.113. The van der Waals surface area contributed by atoms with Gasteiger partial charge in [-0.25, -0.2) is 0 Å². The number of nitrogens with two attached hydrogens (primary N) is 1. The molecule has 3 N–H and O–H groups in total. The van der Waals surface area contributed by atoms with Crippen LogP contribution < -0.4 is 11.1 Å². The van der Waals surface area contributed by atoms with Crippen LogP contribution in [0, 0.1) is 0 Å². The summed E-state index contributed by atoms with van der Waals surface area (Å²) in [6.45, 7) is 6.90. The van der Waals surface area contributed by atoms with E-state index >= 15 is 0 Å². The van der Waals surface area contributed by atoms with Crippen LogP contribution in [0.5, 0.6) is 0 Å². The van der Waals surface area contributed by atoms with E-state index in [0.717, 1.165) is 31.9 Å². The highest BCUT2D eigenvalue weighted by Gasteiger charge is 2.23. The van der Waals surface area contributed by atoms with Gasteiger partial charge in [0.2, 0.25) is 5.91 Å². The van der Waals surface area contributed by atoms with Crippen molar-refractivity contribution < 1.29 is 9.53 Å². The number of carbonyl (C=O) groups excluding carboxylic acids is 1. The van der Waals surface area contributed by atoms with Crippen LogP contribution in [-0.4, -0.2) is 42.6 Å². The van der Waals surface area contributed by atoms with Crippen molar-refractivity contribution in [3.63, 3.8) is 0 Å². The molecule has 1 saturated heterocycles. The molecule has 1 aromatic carbocycles. The van der Waals surface area contributed by atoms with Crippen LogP contribution in [0.3, 0.4) is 0 Å². The van der Waals surface area contributed by atoms with Crippen LogP contribution in [-0.2, 0) is 16.1 Å². The molecule has 0 aromatic heterocycles. The maximum absolute atomic E-state index is 11.0. The monoisotopic (exact) mass is 277 g/mol. The fourth-order valence-electron chi connectivity index (χ4n) is 2.35. The van der Waals surface area contributed by atoms with Crippen molar-refractivity contribution in [3.05, 3.63) is 29.8 Å². The third kappa shape index (κ3) is 4.30. The smallest absolute Gasteiger partial charge is 0.221 e. The first-order chi connectivity index (χ1) is 9.54. The van der Waals surface area contributed by atoms with E-state index in [2.05, 4.69) is 10.2 Å². The van der Waals surface area contributed by atoms with Crippen molar-refractivity contribution in [2.75, 3.05) is 25.0 Å². The third-order valence-electron chi connectivity index (χ3n) is 3.44. The maximum Gasteiger partial charge on any atom is 0.221 e. The molecule has 5 nitrogen and oxygen atoms in total. The van der Waals surface area contributed by atoms with Gasteiger partial charge in [0, 0.05) is 38.3 Å². The van der Waals surface area contributed by atoms with Gasteiger partial charge in [-0.15, -0.1) is 0 Å². The second kappa shape index (κ2) is 6.83. The molecule has 0 bridgehead atoms. The standard InChI is InChI=1S/C15H23N3O2/c1-11(16)15-10-18(7-8-20-15)9-13-3-5-14(6-4-13)17-12(2)19/h3-6,11,15H,7-10,16H2,1-2H3,(H,17,19). The highest BCUT2D eigenvalue weighted by Crippen LogP contribution is 2.14. The molecule has 0 saturated carbocycles. The topological polar surface area (TPSA) is 67.6 Å². The number of hydrogen-bond acceptors (Lipinski definition) is 4. The molecule has 1 aliphatic heterocycles. The molecule has 110 valence electrons. The predicted molar refractivity (Wildman–Crippen MR) is 79.4 cm³/mol. The molecule has 0 aliphatic carbocycles. The first-order valence-electron chi connectivity index (χ1n) is 7.00. The van der Waals surface area contributed by atoms with Gasteiger partial charge in [0.25, 0.3) is 0 Å². The molecule has 0 radical (unpaired) electrons. The van der Waals surface area contributed by atoms with Crippen molar-refractivity contribution in [1.29, 1.82) is 0 Å². The van der Waals surface area contributed by atoms with Crippen LogP contribution in [0.4, 0.5) is 5.69 Å². The highest BCUT2D eigenvalue weighted by atomic mass is 16.5.